The summed E-state index contributed by atoms with van der Waals surface area (Å²) in [4.78, 5) is 13.1. The molecule has 1 heterocycles. The van der Waals surface area contributed by atoms with Crippen LogP contribution in [-0.2, 0) is 14.8 Å². The van der Waals surface area contributed by atoms with E-state index in [1.54, 1.807) is 48.5 Å². The Morgan fingerprint density at radius 2 is 1.68 bits per heavy atom. The SMILES string of the molecule is COc1ccccc1N(CC(=O)N[C@H](C)c1ccc2c(c1)OCCO2)S(=O)(=O)c1ccccc1. The third kappa shape index (κ3) is 4.94. The lowest BCUT2D eigenvalue weighted by molar-refractivity contribution is -0.120. The molecule has 3 aromatic rings. The molecule has 1 aliphatic rings. The second kappa shape index (κ2) is 10.0. The van der Waals surface area contributed by atoms with E-state index in [-0.39, 0.29) is 16.6 Å². The second-order valence-corrected chi connectivity index (χ2v) is 9.55. The lowest BCUT2D eigenvalue weighted by Gasteiger charge is -2.26. The van der Waals surface area contributed by atoms with Crippen LogP contribution >= 0.6 is 0 Å². The lowest BCUT2D eigenvalue weighted by Crippen LogP contribution is -2.41. The second-order valence-electron chi connectivity index (χ2n) is 7.69. The van der Waals surface area contributed by atoms with Crippen LogP contribution < -0.4 is 23.8 Å². The minimum atomic E-state index is -4.04. The molecule has 0 spiro atoms. The summed E-state index contributed by atoms with van der Waals surface area (Å²) in [5, 5.41) is 2.88. The van der Waals surface area contributed by atoms with Crippen LogP contribution in [0.15, 0.2) is 77.7 Å². The van der Waals surface area contributed by atoms with Gasteiger partial charge >= 0.3 is 0 Å². The van der Waals surface area contributed by atoms with Crippen molar-refractivity contribution in [3.05, 3.63) is 78.4 Å². The molecule has 0 fully saturated rings. The van der Waals surface area contributed by atoms with E-state index in [1.165, 1.54) is 19.2 Å². The number of rotatable bonds is 8. The first-order chi connectivity index (χ1) is 16.4. The van der Waals surface area contributed by atoms with Gasteiger partial charge in [0.2, 0.25) is 5.91 Å². The maximum Gasteiger partial charge on any atom is 0.264 e. The predicted molar refractivity (Wildman–Crippen MR) is 128 cm³/mol. The fourth-order valence-corrected chi connectivity index (χ4v) is 5.14. The largest absolute Gasteiger partial charge is 0.495 e. The maximum absolute atomic E-state index is 13.5. The number of carbonyl (C=O) groups is 1. The van der Waals surface area contributed by atoms with Gasteiger partial charge in [0.15, 0.2) is 11.5 Å². The first kappa shape index (κ1) is 23.4. The van der Waals surface area contributed by atoms with Crippen molar-refractivity contribution in [2.45, 2.75) is 17.9 Å². The third-order valence-electron chi connectivity index (χ3n) is 5.42. The van der Waals surface area contributed by atoms with Gasteiger partial charge in [-0.25, -0.2) is 8.42 Å². The van der Waals surface area contributed by atoms with Crippen molar-refractivity contribution in [2.24, 2.45) is 0 Å². The van der Waals surface area contributed by atoms with Crippen LogP contribution in [0.25, 0.3) is 0 Å². The zero-order valence-electron chi connectivity index (χ0n) is 18.9. The van der Waals surface area contributed by atoms with Crippen molar-refractivity contribution in [1.29, 1.82) is 0 Å². The molecule has 0 saturated heterocycles. The molecule has 3 aromatic carbocycles. The topological polar surface area (TPSA) is 94.2 Å². The Morgan fingerprint density at radius 3 is 2.41 bits per heavy atom. The van der Waals surface area contributed by atoms with E-state index in [2.05, 4.69) is 5.32 Å². The van der Waals surface area contributed by atoms with Crippen molar-refractivity contribution in [1.82, 2.24) is 5.32 Å². The standard InChI is InChI=1S/C25H26N2O6S/c1-18(19-12-13-23-24(16-19)33-15-14-32-23)26-25(28)17-27(21-10-6-7-11-22(21)31-2)34(29,30)20-8-4-3-5-9-20/h3-13,16,18H,14-15,17H2,1-2H3,(H,26,28)/t18-/m1/s1. The zero-order chi connectivity index (χ0) is 24.1. The molecule has 1 amide bonds. The molecule has 1 atom stereocenters. The summed E-state index contributed by atoms with van der Waals surface area (Å²) in [6.45, 7) is 2.35. The highest BCUT2D eigenvalue weighted by atomic mass is 32.2. The molecule has 4 rings (SSSR count). The number of sulfonamides is 1. The molecule has 1 N–H and O–H groups in total. The molecule has 34 heavy (non-hydrogen) atoms. The number of benzene rings is 3. The van der Waals surface area contributed by atoms with E-state index in [9.17, 15) is 13.2 Å². The summed E-state index contributed by atoms with van der Waals surface area (Å²) < 4.78 is 44.6. The van der Waals surface area contributed by atoms with Gasteiger partial charge in [-0.15, -0.1) is 0 Å². The van der Waals surface area contributed by atoms with Gasteiger partial charge in [0.25, 0.3) is 10.0 Å². The van der Waals surface area contributed by atoms with Crippen molar-refractivity contribution in [3.63, 3.8) is 0 Å². The van der Waals surface area contributed by atoms with Crippen LogP contribution in [0.1, 0.15) is 18.5 Å². The molecule has 0 saturated carbocycles. The Balaban J connectivity index is 1.59. The fraction of sp³-hybridized carbons (Fsp3) is 0.240. The Labute approximate surface area is 199 Å². The molecule has 0 bridgehead atoms. The summed E-state index contributed by atoms with van der Waals surface area (Å²) in [5.74, 6) is 1.15. The number of hydrogen-bond donors (Lipinski definition) is 1. The number of hydrogen-bond acceptors (Lipinski definition) is 6. The third-order valence-corrected chi connectivity index (χ3v) is 7.19. The van der Waals surface area contributed by atoms with E-state index < -0.39 is 22.5 Å². The summed E-state index contributed by atoms with van der Waals surface area (Å²) in [6.07, 6.45) is 0. The monoisotopic (exact) mass is 482 g/mol. The van der Waals surface area contributed by atoms with Gasteiger partial charge in [-0.1, -0.05) is 36.4 Å². The van der Waals surface area contributed by atoms with Crippen LogP contribution in [0.2, 0.25) is 0 Å². The van der Waals surface area contributed by atoms with Crippen molar-refractivity contribution in [2.75, 3.05) is 31.2 Å². The van der Waals surface area contributed by atoms with E-state index in [0.29, 0.717) is 30.5 Å². The van der Waals surface area contributed by atoms with Gasteiger partial charge in [0.1, 0.15) is 25.5 Å². The summed E-state index contributed by atoms with van der Waals surface area (Å²) >= 11 is 0. The maximum atomic E-state index is 13.5. The van der Waals surface area contributed by atoms with E-state index in [0.717, 1.165) is 9.87 Å². The number of ether oxygens (including phenoxy) is 3. The van der Waals surface area contributed by atoms with Crippen LogP contribution in [0.3, 0.4) is 0 Å². The molecule has 0 unspecified atom stereocenters. The highest BCUT2D eigenvalue weighted by Crippen LogP contribution is 2.34. The Kier molecular flexibility index (Phi) is 6.93. The van der Waals surface area contributed by atoms with Crippen LogP contribution in [0, 0.1) is 0 Å². The smallest absolute Gasteiger partial charge is 0.264 e. The number of fused-ring (bicyclic) bond motifs is 1. The molecule has 9 heteroatoms. The number of para-hydroxylation sites is 2. The normalized spacial score (nSPS) is 13.6. The lowest BCUT2D eigenvalue weighted by atomic mass is 10.1. The quantitative estimate of drug-likeness (QED) is 0.528. The Morgan fingerprint density at radius 1 is 1.00 bits per heavy atom. The van der Waals surface area contributed by atoms with Gasteiger partial charge in [-0.05, 0) is 48.9 Å². The van der Waals surface area contributed by atoms with Gasteiger partial charge in [0, 0.05) is 0 Å². The number of nitrogens with zero attached hydrogens (tertiary/aromatic N) is 1. The molecule has 0 aromatic heterocycles. The van der Waals surface area contributed by atoms with Gasteiger partial charge < -0.3 is 19.5 Å². The summed E-state index contributed by atoms with van der Waals surface area (Å²) in [5.41, 5.74) is 1.09. The number of methoxy groups -OCH3 is 1. The molecular weight excluding hydrogens is 456 g/mol. The van der Waals surface area contributed by atoms with E-state index >= 15 is 0 Å². The van der Waals surface area contributed by atoms with Crippen molar-refractivity contribution in [3.8, 4) is 17.2 Å². The van der Waals surface area contributed by atoms with Gasteiger partial charge in [0.05, 0.1) is 23.7 Å². The van der Waals surface area contributed by atoms with Crippen LogP contribution in [0.4, 0.5) is 5.69 Å². The average molecular weight is 483 g/mol. The summed E-state index contributed by atoms with van der Waals surface area (Å²) in [6, 6.07) is 19.8. The van der Waals surface area contributed by atoms with E-state index in [1.807, 2.05) is 19.1 Å². The van der Waals surface area contributed by atoms with E-state index in [4.69, 9.17) is 14.2 Å². The van der Waals surface area contributed by atoms with Crippen molar-refractivity contribution >= 4 is 21.6 Å². The van der Waals surface area contributed by atoms with Crippen LogP contribution in [-0.4, -0.2) is 41.2 Å². The number of carbonyl (C=O) groups excluding carboxylic acids is 1. The first-order valence-electron chi connectivity index (χ1n) is 10.8. The number of nitrogens with one attached hydrogen (secondary N) is 1. The van der Waals surface area contributed by atoms with Gasteiger partial charge in [-0.2, -0.15) is 0 Å². The molecule has 1 aliphatic heterocycles. The minimum Gasteiger partial charge on any atom is -0.495 e. The van der Waals surface area contributed by atoms with Crippen LogP contribution in [0.5, 0.6) is 17.2 Å². The minimum absolute atomic E-state index is 0.0774. The van der Waals surface area contributed by atoms with Crippen molar-refractivity contribution < 1.29 is 27.4 Å². The number of anilines is 1. The molecule has 8 nitrogen and oxygen atoms in total. The Hall–Kier alpha value is -3.72. The average Bonchev–Trinajstić information content (AvgIpc) is 2.87. The molecule has 0 aliphatic carbocycles. The molecular formula is C25H26N2O6S. The predicted octanol–water partition coefficient (Wildman–Crippen LogP) is 3.54. The molecule has 0 radical (unpaired) electrons. The zero-order valence-corrected chi connectivity index (χ0v) is 19.7. The Bertz CT molecular complexity index is 1260. The highest BCUT2D eigenvalue weighted by Gasteiger charge is 2.29. The number of amides is 1. The molecule has 178 valence electrons. The highest BCUT2D eigenvalue weighted by molar-refractivity contribution is 7.92. The fourth-order valence-electron chi connectivity index (χ4n) is 3.69. The van der Waals surface area contributed by atoms with Gasteiger partial charge in [-0.3, -0.25) is 9.10 Å². The first-order valence-corrected chi connectivity index (χ1v) is 12.2. The summed E-state index contributed by atoms with van der Waals surface area (Å²) in [7, 11) is -2.58.